The zero-order chi connectivity index (χ0) is 18.0. The Morgan fingerprint density at radius 3 is 2.44 bits per heavy atom. The fraction of sp³-hybridized carbons (Fsp3) is 0.421. The Bertz CT molecular complexity index is 718. The third-order valence-electron chi connectivity index (χ3n) is 4.85. The van der Waals surface area contributed by atoms with Crippen LogP contribution < -0.4 is 5.32 Å². The molecule has 1 aromatic carbocycles. The summed E-state index contributed by atoms with van der Waals surface area (Å²) in [5.41, 5.74) is 1.75. The maximum atomic E-state index is 12.4. The number of amides is 3. The highest BCUT2D eigenvalue weighted by molar-refractivity contribution is 9.10. The van der Waals surface area contributed by atoms with E-state index in [1.165, 1.54) is 4.90 Å². The number of aryl methyl sites for hydroxylation is 1. The van der Waals surface area contributed by atoms with Gasteiger partial charge in [0.1, 0.15) is 0 Å². The minimum Gasteiger partial charge on any atom is -0.326 e. The van der Waals surface area contributed by atoms with Crippen LogP contribution in [-0.4, -0.2) is 29.2 Å². The van der Waals surface area contributed by atoms with Crippen LogP contribution in [-0.2, 0) is 14.4 Å². The van der Waals surface area contributed by atoms with Gasteiger partial charge >= 0.3 is 0 Å². The molecule has 5 nitrogen and oxygen atoms in total. The second-order valence-electron chi connectivity index (χ2n) is 6.59. The first-order chi connectivity index (χ1) is 12.0. The van der Waals surface area contributed by atoms with Gasteiger partial charge in [-0.05, 0) is 49.9 Å². The number of likely N-dealkylation sites (tertiary alicyclic amines) is 1. The first-order valence-electron chi connectivity index (χ1n) is 8.53. The summed E-state index contributed by atoms with van der Waals surface area (Å²) in [6.07, 6.45) is 6.00. The normalized spacial score (nSPS) is 22.2. The molecule has 1 heterocycles. The van der Waals surface area contributed by atoms with Crippen LogP contribution in [0.2, 0.25) is 0 Å². The van der Waals surface area contributed by atoms with Crippen molar-refractivity contribution < 1.29 is 14.4 Å². The Balaban J connectivity index is 1.50. The highest BCUT2D eigenvalue weighted by Crippen LogP contribution is 2.35. The average Bonchev–Trinajstić information content (AvgIpc) is 2.83. The summed E-state index contributed by atoms with van der Waals surface area (Å²) in [4.78, 5) is 38.2. The number of anilines is 1. The highest BCUT2D eigenvalue weighted by atomic mass is 79.9. The van der Waals surface area contributed by atoms with Crippen LogP contribution in [0.5, 0.6) is 0 Å². The van der Waals surface area contributed by atoms with E-state index in [0.717, 1.165) is 15.7 Å². The number of hydrogen-bond acceptors (Lipinski definition) is 3. The number of benzene rings is 1. The molecule has 0 bridgehead atoms. The lowest BCUT2D eigenvalue weighted by molar-refractivity contribution is -0.140. The fourth-order valence-corrected chi connectivity index (χ4v) is 3.94. The molecule has 0 spiro atoms. The number of rotatable bonds is 5. The minimum atomic E-state index is -0.197. The maximum absolute atomic E-state index is 12.4. The number of hydrogen-bond donors (Lipinski definition) is 1. The number of allylic oxidation sites excluding steroid dienone is 2. The van der Waals surface area contributed by atoms with E-state index in [0.29, 0.717) is 25.8 Å². The quantitative estimate of drug-likeness (QED) is 0.603. The molecule has 25 heavy (non-hydrogen) atoms. The van der Waals surface area contributed by atoms with Crippen molar-refractivity contribution in [2.24, 2.45) is 11.8 Å². The van der Waals surface area contributed by atoms with Gasteiger partial charge in [0, 0.05) is 23.1 Å². The minimum absolute atomic E-state index is 0.0801. The zero-order valence-corrected chi connectivity index (χ0v) is 15.7. The molecule has 2 aliphatic rings. The number of nitrogens with zero attached hydrogens (tertiary/aromatic N) is 1. The number of carbonyl (C=O) groups is 3. The van der Waals surface area contributed by atoms with E-state index >= 15 is 0 Å². The maximum Gasteiger partial charge on any atom is 0.233 e. The first kappa shape index (κ1) is 17.9. The van der Waals surface area contributed by atoms with Crippen LogP contribution in [0.15, 0.2) is 34.8 Å². The molecular formula is C19H21BrN2O3. The molecule has 1 fully saturated rings. The van der Waals surface area contributed by atoms with Gasteiger partial charge in [-0.25, -0.2) is 0 Å². The van der Waals surface area contributed by atoms with Gasteiger partial charge in [-0.15, -0.1) is 0 Å². The van der Waals surface area contributed by atoms with Gasteiger partial charge in [-0.1, -0.05) is 28.1 Å². The molecule has 0 radical (unpaired) electrons. The van der Waals surface area contributed by atoms with Gasteiger partial charge in [0.05, 0.1) is 11.8 Å². The van der Waals surface area contributed by atoms with Crippen molar-refractivity contribution in [3.8, 4) is 0 Å². The number of carbonyl (C=O) groups excluding carboxylic acids is 3. The molecular weight excluding hydrogens is 384 g/mol. The molecule has 1 N–H and O–H groups in total. The molecule has 3 rings (SSSR count). The Morgan fingerprint density at radius 1 is 1.20 bits per heavy atom. The largest absolute Gasteiger partial charge is 0.326 e. The van der Waals surface area contributed by atoms with Crippen molar-refractivity contribution in [3.05, 3.63) is 40.4 Å². The molecule has 3 amide bonds. The summed E-state index contributed by atoms with van der Waals surface area (Å²) in [6, 6.07) is 5.66. The third-order valence-corrected chi connectivity index (χ3v) is 5.34. The zero-order valence-electron chi connectivity index (χ0n) is 14.1. The Morgan fingerprint density at radius 2 is 1.84 bits per heavy atom. The van der Waals surface area contributed by atoms with Crippen LogP contribution in [0.4, 0.5) is 5.69 Å². The van der Waals surface area contributed by atoms with Crippen molar-refractivity contribution >= 4 is 39.3 Å². The topological polar surface area (TPSA) is 66.5 Å². The monoisotopic (exact) mass is 404 g/mol. The Hall–Kier alpha value is -1.95. The van der Waals surface area contributed by atoms with Gasteiger partial charge in [-0.2, -0.15) is 0 Å². The SMILES string of the molecule is Cc1cc(Br)ccc1NC(=O)CCCN1C(=O)[C@H]2CC=CC[C@H]2C1=O. The standard InChI is InChI=1S/C19H21BrN2O3/c1-12-11-13(20)8-9-16(12)21-17(23)7-4-10-22-18(24)14-5-2-3-6-15(14)19(22)25/h2-3,8-9,11,14-15H,4-7,10H2,1H3,(H,21,23)/t14-,15+. The molecule has 2 atom stereocenters. The van der Waals surface area contributed by atoms with E-state index in [-0.39, 0.29) is 36.0 Å². The summed E-state index contributed by atoms with van der Waals surface area (Å²) < 4.78 is 0.963. The van der Waals surface area contributed by atoms with Crippen LogP contribution in [0.3, 0.4) is 0 Å². The second-order valence-corrected chi connectivity index (χ2v) is 7.51. The second kappa shape index (κ2) is 7.52. The number of imide groups is 1. The van der Waals surface area contributed by atoms with Crippen LogP contribution in [0, 0.1) is 18.8 Å². The summed E-state index contributed by atoms with van der Waals surface area (Å²) in [5, 5.41) is 2.88. The fourth-order valence-electron chi connectivity index (χ4n) is 3.47. The average molecular weight is 405 g/mol. The van der Waals surface area contributed by atoms with Crippen molar-refractivity contribution in [2.45, 2.75) is 32.6 Å². The smallest absolute Gasteiger partial charge is 0.233 e. The molecule has 0 saturated carbocycles. The van der Waals surface area contributed by atoms with Crippen LogP contribution >= 0.6 is 15.9 Å². The molecule has 0 aromatic heterocycles. The molecule has 0 unspecified atom stereocenters. The van der Waals surface area contributed by atoms with Crippen molar-refractivity contribution in [1.29, 1.82) is 0 Å². The Kier molecular flexibility index (Phi) is 5.37. The summed E-state index contributed by atoms with van der Waals surface area (Å²) >= 11 is 3.39. The number of fused-ring (bicyclic) bond motifs is 1. The van der Waals surface area contributed by atoms with Crippen molar-refractivity contribution in [2.75, 3.05) is 11.9 Å². The van der Waals surface area contributed by atoms with Crippen molar-refractivity contribution in [1.82, 2.24) is 4.90 Å². The molecule has 6 heteroatoms. The lowest BCUT2D eigenvalue weighted by Crippen LogP contribution is -2.32. The van der Waals surface area contributed by atoms with Gasteiger partial charge in [0.15, 0.2) is 0 Å². The molecule has 1 aromatic rings. The Labute approximate surface area is 155 Å². The number of halogens is 1. The number of nitrogens with one attached hydrogen (secondary N) is 1. The van der Waals surface area contributed by atoms with E-state index in [4.69, 9.17) is 0 Å². The summed E-state index contributed by atoms with van der Waals surface area (Å²) in [7, 11) is 0. The highest BCUT2D eigenvalue weighted by Gasteiger charge is 2.46. The third kappa shape index (κ3) is 3.84. The molecule has 1 aliphatic heterocycles. The van der Waals surface area contributed by atoms with Gasteiger partial charge in [0.2, 0.25) is 17.7 Å². The predicted molar refractivity (Wildman–Crippen MR) is 98.8 cm³/mol. The van der Waals surface area contributed by atoms with E-state index in [1.807, 2.05) is 37.3 Å². The predicted octanol–water partition coefficient (Wildman–Crippen LogP) is 3.43. The molecule has 1 saturated heterocycles. The lowest BCUT2D eigenvalue weighted by Gasteiger charge is -2.14. The molecule has 132 valence electrons. The van der Waals surface area contributed by atoms with E-state index < -0.39 is 0 Å². The van der Waals surface area contributed by atoms with Gasteiger partial charge in [0.25, 0.3) is 0 Å². The van der Waals surface area contributed by atoms with Crippen LogP contribution in [0.25, 0.3) is 0 Å². The first-order valence-corrected chi connectivity index (χ1v) is 9.33. The van der Waals surface area contributed by atoms with Crippen molar-refractivity contribution in [3.63, 3.8) is 0 Å². The van der Waals surface area contributed by atoms with Crippen LogP contribution in [0.1, 0.15) is 31.2 Å². The lowest BCUT2D eigenvalue weighted by atomic mass is 9.85. The van der Waals surface area contributed by atoms with Gasteiger partial charge in [-0.3, -0.25) is 19.3 Å². The van der Waals surface area contributed by atoms with Gasteiger partial charge < -0.3 is 5.32 Å². The van der Waals surface area contributed by atoms with E-state index in [9.17, 15) is 14.4 Å². The summed E-state index contributed by atoms with van der Waals surface area (Å²) in [5.74, 6) is -0.663. The van der Waals surface area contributed by atoms with E-state index in [2.05, 4.69) is 21.2 Å². The molecule has 1 aliphatic carbocycles. The summed E-state index contributed by atoms with van der Waals surface area (Å²) in [6.45, 7) is 2.25. The van der Waals surface area contributed by atoms with E-state index in [1.54, 1.807) is 0 Å².